The van der Waals surface area contributed by atoms with E-state index in [1.807, 2.05) is 30.3 Å². The van der Waals surface area contributed by atoms with Crippen molar-refractivity contribution in [1.82, 2.24) is 0 Å². The maximum atomic E-state index is 5.40. The Morgan fingerprint density at radius 3 is 2.18 bits per heavy atom. The Morgan fingerprint density at radius 1 is 0.955 bits per heavy atom. The van der Waals surface area contributed by atoms with Gasteiger partial charge in [0, 0.05) is 18.6 Å². The Kier molecular flexibility index (Phi) is 7.38. The normalized spacial score (nSPS) is 10.4. The number of nitrogens with zero attached hydrogens (tertiary/aromatic N) is 1. The van der Waals surface area contributed by atoms with E-state index in [0.717, 1.165) is 29.2 Å². The summed E-state index contributed by atoms with van der Waals surface area (Å²) in [5.74, 6) is 1.80. The highest BCUT2D eigenvalue weighted by Gasteiger charge is 2.15. The first-order valence-corrected chi connectivity index (χ1v) is 7.07. The second-order valence-corrected chi connectivity index (χ2v) is 4.79. The number of pyridine rings is 1. The Hall–Kier alpha value is -1.56. The molecule has 0 fully saturated rings. The van der Waals surface area contributed by atoms with Crippen LogP contribution in [0.5, 0.6) is 11.5 Å². The standard InChI is InChI=1S/C18H22NO2.HI/c1-5-17-18(21-4)13-10-15(19(17)2)9-6-14-7-11-16(20-3)12-8-14;/h6-13H,5H2,1-4H3;1H/q+1;/p-1/b9-6+;. The lowest BCUT2D eigenvalue weighted by atomic mass is 10.1. The molecule has 0 N–H and O–H groups in total. The molecule has 2 aromatic rings. The number of ether oxygens (including phenoxy) is 2. The van der Waals surface area contributed by atoms with Crippen LogP contribution in [0.1, 0.15) is 23.9 Å². The zero-order valence-electron chi connectivity index (χ0n) is 13.5. The Morgan fingerprint density at radius 2 is 1.64 bits per heavy atom. The predicted molar refractivity (Wildman–Crippen MR) is 85.5 cm³/mol. The first-order valence-electron chi connectivity index (χ1n) is 7.07. The van der Waals surface area contributed by atoms with Crippen LogP contribution in [0, 0.1) is 0 Å². The van der Waals surface area contributed by atoms with Gasteiger partial charge in [-0.1, -0.05) is 19.1 Å². The van der Waals surface area contributed by atoms with Crippen LogP contribution in [-0.4, -0.2) is 14.2 Å². The molecular weight excluding hydrogens is 389 g/mol. The third kappa shape index (κ3) is 4.22. The monoisotopic (exact) mass is 411 g/mol. The minimum atomic E-state index is 0. The maximum absolute atomic E-state index is 5.40. The summed E-state index contributed by atoms with van der Waals surface area (Å²) in [6.07, 6.45) is 5.14. The van der Waals surface area contributed by atoms with E-state index in [2.05, 4.69) is 36.8 Å². The van der Waals surface area contributed by atoms with E-state index in [0.29, 0.717) is 0 Å². The second kappa shape index (κ2) is 8.78. The third-order valence-corrected chi connectivity index (χ3v) is 3.60. The van der Waals surface area contributed by atoms with Crippen LogP contribution in [0.15, 0.2) is 36.4 Å². The first-order chi connectivity index (χ1) is 10.2. The van der Waals surface area contributed by atoms with Gasteiger partial charge in [-0.05, 0) is 29.8 Å². The fourth-order valence-electron chi connectivity index (χ4n) is 2.35. The van der Waals surface area contributed by atoms with Gasteiger partial charge >= 0.3 is 0 Å². The van der Waals surface area contributed by atoms with Crippen molar-refractivity contribution in [3.05, 3.63) is 53.3 Å². The van der Waals surface area contributed by atoms with E-state index in [4.69, 9.17) is 9.47 Å². The smallest absolute Gasteiger partial charge is 0.223 e. The maximum Gasteiger partial charge on any atom is 0.223 e. The summed E-state index contributed by atoms with van der Waals surface area (Å²) in [5.41, 5.74) is 3.47. The fourth-order valence-corrected chi connectivity index (χ4v) is 2.35. The number of aromatic nitrogens is 1. The second-order valence-electron chi connectivity index (χ2n) is 4.79. The third-order valence-electron chi connectivity index (χ3n) is 3.60. The number of methoxy groups -OCH3 is 2. The number of rotatable bonds is 5. The summed E-state index contributed by atoms with van der Waals surface area (Å²) in [5, 5.41) is 0. The number of halogens is 1. The Bertz CT molecular complexity index is 636. The Balaban J connectivity index is 0.00000242. The van der Waals surface area contributed by atoms with E-state index in [-0.39, 0.29) is 24.0 Å². The Labute approximate surface area is 149 Å². The molecule has 1 heterocycles. The molecule has 0 amide bonds. The summed E-state index contributed by atoms with van der Waals surface area (Å²) in [6.45, 7) is 2.13. The molecule has 1 aromatic heterocycles. The van der Waals surface area contributed by atoms with Gasteiger partial charge < -0.3 is 33.5 Å². The molecule has 0 atom stereocenters. The molecule has 0 spiro atoms. The summed E-state index contributed by atoms with van der Waals surface area (Å²) < 4.78 is 12.7. The van der Waals surface area contributed by atoms with E-state index >= 15 is 0 Å². The molecule has 0 saturated heterocycles. The van der Waals surface area contributed by atoms with Gasteiger partial charge in [0.1, 0.15) is 12.8 Å². The van der Waals surface area contributed by atoms with Gasteiger partial charge in [0.25, 0.3) is 0 Å². The van der Waals surface area contributed by atoms with Crippen LogP contribution in [0.25, 0.3) is 12.2 Å². The van der Waals surface area contributed by atoms with Gasteiger partial charge in [-0.25, -0.2) is 0 Å². The molecule has 3 nitrogen and oxygen atoms in total. The summed E-state index contributed by atoms with van der Waals surface area (Å²) in [4.78, 5) is 0. The molecular formula is C18H22INO2. The molecule has 0 radical (unpaired) electrons. The zero-order chi connectivity index (χ0) is 15.2. The molecule has 2 rings (SSSR count). The van der Waals surface area contributed by atoms with Crippen molar-refractivity contribution in [3.8, 4) is 11.5 Å². The van der Waals surface area contributed by atoms with Crippen LogP contribution in [0.2, 0.25) is 0 Å². The molecule has 0 aliphatic heterocycles. The van der Waals surface area contributed by atoms with Gasteiger partial charge in [0.2, 0.25) is 11.4 Å². The van der Waals surface area contributed by atoms with Crippen molar-refractivity contribution in [2.45, 2.75) is 13.3 Å². The largest absolute Gasteiger partial charge is 1.00 e. The highest BCUT2D eigenvalue weighted by Crippen LogP contribution is 2.17. The van der Waals surface area contributed by atoms with Crippen LogP contribution in [0.3, 0.4) is 0 Å². The van der Waals surface area contributed by atoms with Crippen LogP contribution in [-0.2, 0) is 13.5 Å². The summed E-state index contributed by atoms with van der Waals surface area (Å²) in [7, 11) is 5.45. The summed E-state index contributed by atoms with van der Waals surface area (Å²) >= 11 is 0. The van der Waals surface area contributed by atoms with Gasteiger partial charge in [-0.2, -0.15) is 4.57 Å². The van der Waals surface area contributed by atoms with E-state index in [9.17, 15) is 0 Å². The first kappa shape index (κ1) is 18.5. The molecule has 0 aliphatic rings. The van der Waals surface area contributed by atoms with Crippen molar-refractivity contribution in [2.75, 3.05) is 14.2 Å². The predicted octanol–water partition coefficient (Wildman–Crippen LogP) is 0.265. The molecule has 0 unspecified atom stereocenters. The fraction of sp³-hybridized carbons (Fsp3) is 0.278. The van der Waals surface area contributed by atoms with E-state index in [1.54, 1.807) is 14.2 Å². The quantitative estimate of drug-likeness (QED) is 0.521. The van der Waals surface area contributed by atoms with Crippen LogP contribution < -0.4 is 38.0 Å². The number of hydrogen-bond acceptors (Lipinski definition) is 2. The van der Waals surface area contributed by atoms with Crippen molar-refractivity contribution in [2.24, 2.45) is 7.05 Å². The molecule has 1 aromatic carbocycles. The lowest BCUT2D eigenvalue weighted by molar-refractivity contribution is -0.681. The van der Waals surface area contributed by atoms with Crippen LogP contribution >= 0.6 is 0 Å². The molecule has 4 heteroatoms. The van der Waals surface area contributed by atoms with Gasteiger partial charge in [-0.3, -0.25) is 0 Å². The lowest BCUT2D eigenvalue weighted by Crippen LogP contribution is -3.00. The molecule has 0 saturated carbocycles. The van der Waals surface area contributed by atoms with Gasteiger partial charge in [-0.15, -0.1) is 0 Å². The van der Waals surface area contributed by atoms with Crippen molar-refractivity contribution >= 4 is 12.2 Å². The SMILES string of the molecule is CCc1c(OC)ccc(/C=C/c2ccc(OC)cc2)[n+]1C.[I-]. The summed E-state index contributed by atoms with van der Waals surface area (Å²) in [6, 6.07) is 12.1. The van der Waals surface area contributed by atoms with Gasteiger partial charge in [0.15, 0.2) is 5.75 Å². The highest BCUT2D eigenvalue weighted by atomic mass is 127. The average molecular weight is 411 g/mol. The topological polar surface area (TPSA) is 22.3 Å². The van der Waals surface area contributed by atoms with Crippen molar-refractivity contribution in [3.63, 3.8) is 0 Å². The van der Waals surface area contributed by atoms with Crippen molar-refractivity contribution < 1.29 is 38.0 Å². The molecule has 118 valence electrons. The number of benzene rings is 1. The van der Waals surface area contributed by atoms with E-state index < -0.39 is 0 Å². The van der Waals surface area contributed by atoms with Crippen molar-refractivity contribution in [1.29, 1.82) is 0 Å². The lowest BCUT2D eigenvalue weighted by Gasteiger charge is -2.06. The van der Waals surface area contributed by atoms with Crippen LogP contribution in [0.4, 0.5) is 0 Å². The van der Waals surface area contributed by atoms with Gasteiger partial charge in [0.05, 0.1) is 14.2 Å². The zero-order valence-corrected chi connectivity index (χ0v) is 15.6. The van der Waals surface area contributed by atoms with E-state index in [1.165, 1.54) is 5.69 Å². The number of hydrogen-bond donors (Lipinski definition) is 0. The molecule has 0 aliphatic carbocycles. The highest BCUT2D eigenvalue weighted by molar-refractivity contribution is 5.67. The minimum Gasteiger partial charge on any atom is -1.00 e. The average Bonchev–Trinajstić information content (AvgIpc) is 2.53. The molecule has 22 heavy (non-hydrogen) atoms. The minimum absolute atomic E-state index is 0. The molecule has 0 bridgehead atoms.